The summed E-state index contributed by atoms with van der Waals surface area (Å²) in [4.78, 5) is 19.8. The molecule has 0 unspecified atom stereocenters. The number of hydrogen-bond donors (Lipinski definition) is 0. The lowest BCUT2D eigenvalue weighted by Gasteiger charge is -2.43. The second-order valence-corrected chi connectivity index (χ2v) is 8.42. The molecule has 2 fully saturated rings. The highest BCUT2D eigenvalue weighted by Gasteiger charge is 2.30. The summed E-state index contributed by atoms with van der Waals surface area (Å²) in [5.41, 5.74) is 2.55. The number of aromatic nitrogens is 1. The van der Waals surface area contributed by atoms with Gasteiger partial charge >= 0.3 is 0 Å². The van der Waals surface area contributed by atoms with Gasteiger partial charge in [-0.15, -0.1) is 0 Å². The van der Waals surface area contributed by atoms with E-state index >= 15 is 0 Å². The predicted molar refractivity (Wildman–Crippen MR) is 110 cm³/mol. The maximum atomic E-state index is 12.8. The van der Waals surface area contributed by atoms with Crippen LogP contribution in [0.25, 0.3) is 10.9 Å². The summed E-state index contributed by atoms with van der Waals surface area (Å²) in [6.07, 6.45) is 4.07. The Morgan fingerprint density at radius 3 is 2.61 bits per heavy atom. The summed E-state index contributed by atoms with van der Waals surface area (Å²) in [5, 5.41) is 1.22. The zero-order chi connectivity index (χ0) is 19.1. The van der Waals surface area contributed by atoms with Crippen LogP contribution in [0.1, 0.15) is 25.0 Å². The van der Waals surface area contributed by atoms with Crippen LogP contribution in [-0.2, 0) is 17.9 Å². The molecule has 0 spiro atoms. The van der Waals surface area contributed by atoms with Gasteiger partial charge in [0, 0.05) is 68.5 Å². The van der Waals surface area contributed by atoms with Gasteiger partial charge in [0.2, 0.25) is 5.91 Å². The summed E-state index contributed by atoms with van der Waals surface area (Å²) in [6.45, 7) is 7.12. The molecule has 0 radical (unpaired) electrons. The SMILES string of the molecule is COc1ccc2c(c1)cc1n2CCN(CC(=O)N2CCN(C3CCC3)CC2)C1. The molecule has 0 bridgehead atoms. The van der Waals surface area contributed by atoms with Crippen LogP contribution in [0.15, 0.2) is 24.3 Å². The first-order chi connectivity index (χ1) is 13.7. The summed E-state index contributed by atoms with van der Waals surface area (Å²) < 4.78 is 7.74. The zero-order valence-corrected chi connectivity index (χ0v) is 16.8. The van der Waals surface area contributed by atoms with Crippen molar-refractivity contribution in [1.82, 2.24) is 19.3 Å². The average Bonchev–Trinajstić information content (AvgIpc) is 3.03. The first kappa shape index (κ1) is 18.0. The highest BCUT2D eigenvalue weighted by atomic mass is 16.5. The van der Waals surface area contributed by atoms with E-state index in [4.69, 9.17) is 4.74 Å². The molecule has 0 atom stereocenters. The first-order valence-corrected chi connectivity index (χ1v) is 10.6. The molecule has 1 saturated carbocycles. The zero-order valence-electron chi connectivity index (χ0n) is 16.8. The molecular formula is C22H30N4O2. The van der Waals surface area contributed by atoms with E-state index in [0.29, 0.717) is 12.5 Å². The van der Waals surface area contributed by atoms with Gasteiger partial charge in [0.1, 0.15) is 5.75 Å². The van der Waals surface area contributed by atoms with Crippen molar-refractivity contribution >= 4 is 16.8 Å². The molecule has 3 heterocycles. The molecule has 6 heteroatoms. The lowest BCUT2D eigenvalue weighted by atomic mass is 9.91. The number of benzene rings is 1. The van der Waals surface area contributed by atoms with Crippen molar-refractivity contribution in [2.75, 3.05) is 46.4 Å². The second kappa shape index (κ2) is 7.41. The Hall–Kier alpha value is -2.05. The molecule has 1 saturated heterocycles. The van der Waals surface area contributed by atoms with Gasteiger partial charge in [-0.1, -0.05) is 6.42 Å². The smallest absolute Gasteiger partial charge is 0.236 e. The quantitative estimate of drug-likeness (QED) is 0.813. The van der Waals surface area contributed by atoms with Crippen molar-refractivity contribution in [2.24, 2.45) is 0 Å². The Morgan fingerprint density at radius 1 is 1.07 bits per heavy atom. The number of rotatable bonds is 4. The van der Waals surface area contributed by atoms with E-state index in [1.54, 1.807) is 7.11 Å². The Morgan fingerprint density at radius 2 is 1.89 bits per heavy atom. The first-order valence-electron chi connectivity index (χ1n) is 10.6. The van der Waals surface area contributed by atoms with Gasteiger partial charge < -0.3 is 14.2 Å². The van der Waals surface area contributed by atoms with Crippen molar-refractivity contribution in [1.29, 1.82) is 0 Å². The van der Waals surface area contributed by atoms with Gasteiger partial charge in [0.05, 0.1) is 13.7 Å². The summed E-state index contributed by atoms with van der Waals surface area (Å²) in [6, 6.07) is 9.29. The summed E-state index contributed by atoms with van der Waals surface area (Å²) >= 11 is 0. The number of methoxy groups -OCH3 is 1. The highest BCUT2D eigenvalue weighted by Crippen LogP contribution is 2.28. The Labute approximate surface area is 166 Å². The van der Waals surface area contributed by atoms with Crippen molar-refractivity contribution in [3.05, 3.63) is 30.0 Å². The third-order valence-electron chi connectivity index (χ3n) is 6.84. The lowest BCUT2D eigenvalue weighted by Crippen LogP contribution is -2.55. The molecule has 2 aliphatic heterocycles. The molecule has 1 aliphatic carbocycles. The van der Waals surface area contributed by atoms with Crippen molar-refractivity contribution in [3.8, 4) is 5.75 Å². The minimum atomic E-state index is 0.291. The van der Waals surface area contributed by atoms with Crippen LogP contribution in [0.4, 0.5) is 0 Å². The standard InChI is InChI=1S/C22H30N4O2/c1-28-20-5-6-21-17(14-20)13-19-15-23(7-12-26(19)21)16-22(27)25-10-8-24(9-11-25)18-3-2-4-18/h5-6,13-14,18H,2-4,7-12,15-16H2,1H3. The number of carbonyl (C=O) groups excluding carboxylic acids is 1. The number of hydrogen-bond acceptors (Lipinski definition) is 4. The summed E-state index contributed by atoms with van der Waals surface area (Å²) in [5.74, 6) is 1.18. The van der Waals surface area contributed by atoms with Crippen LogP contribution in [-0.4, -0.2) is 77.6 Å². The number of piperazine rings is 1. The molecular weight excluding hydrogens is 352 g/mol. The minimum Gasteiger partial charge on any atom is -0.497 e. The van der Waals surface area contributed by atoms with Crippen LogP contribution >= 0.6 is 0 Å². The largest absolute Gasteiger partial charge is 0.497 e. The fourth-order valence-corrected chi connectivity index (χ4v) is 4.89. The van der Waals surface area contributed by atoms with Gasteiger partial charge in [0.15, 0.2) is 0 Å². The van der Waals surface area contributed by atoms with Crippen LogP contribution in [0.5, 0.6) is 5.75 Å². The van der Waals surface area contributed by atoms with Gasteiger partial charge in [-0.2, -0.15) is 0 Å². The molecule has 1 aromatic carbocycles. The van der Waals surface area contributed by atoms with Gasteiger partial charge in [0.25, 0.3) is 0 Å². The van der Waals surface area contributed by atoms with Crippen LogP contribution in [0.3, 0.4) is 0 Å². The maximum absolute atomic E-state index is 12.8. The van der Waals surface area contributed by atoms with Crippen LogP contribution < -0.4 is 4.74 Å². The Bertz CT molecular complexity index is 865. The number of carbonyl (C=O) groups is 1. The van der Waals surface area contributed by atoms with Crippen LogP contribution in [0, 0.1) is 0 Å². The minimum absolute atomic E-state index is 0.291. The van der Waals surface area contributed by atoms with Crippen molar-refractivity contribution < 1.29 is 9.53 Å². The molecule has 3 aliphatic rings. The van der Waals surface area contributed by atoms with E-state index in [1.165, 1.54) is 35.9 Å². The molecule has 2 aromatic rings. The van der Waals surface area contributed by atoms with Gasteiger partial charge in [-0.3, -0.25) is 14.6 Å². The molecule has 6 nitrogen and oxygen atoms in total. The molecule has 5 rings (SSSR count). The van der Waals surface area contributed by atoms with E-state index in [-0.39, 0.29) is 0 Å². The number of nitrogens with zero attached hydrogens (tertiary/aromatic N) is 4. The van der Waals surface area contributed by atoms with Crippen LogP contribution in [0.2, 0.25) is 0 Å². The third kappa shape index (κ3) is 3.29. The normalized spacial score (nSPS) is 21.5. The molecule has 0 N–H and O–H groups in total. The predicted octanol–water partition coefficient (Wildman–Crippen LogP) is 2.16. The molecule has 1 amide bonds. The molecule has 1 aromatic heterocycles. The van der Waals surface area contributed by atoms with Gasteiger partial charge in [-0.25, -0.2) is 0 Å². The van der Waals surface area contributed by atoms with Crippen molar-refractivity contribution in [3.63, 3.8) is 0 Å². The number of fused-ring (bicyclic) bond motifs is 3. The highest BCUT2D eigenvalue weighted by molar-refractivity contribution is 5.83. The van der Waals surface area contributed by atoms with E-state index in [2.05, 4.69) is 37.5 Å². The fourth-order valence-electron chi connectivity index (χ4n) is 4.89. The maximum Gasteiger partial charge on any atom is 0.236 e. The average molecular weight is 383 g/mol. The number of ether oxygens (including phenoxy) is 1. The van der Waals surface area contributed by atoms with Gasteiger partial charge in [-0.05, 0) is 37.1 Å². The van der Waals surface area contributed by atoms with E-state index in [0.717, 1.165) is 57.6 Å². The monoisotopic (exact) mass is 382 g/mol. The lowest BCUT2D eigenvalue weighted by molar-refractivity contribution is -0.135. The topological polar surface area (TPSA) is 41.0 Å². The van der Waals surface area contributed by atoms with E-state index < -0.39 is 0 Å². The summed E-state index contributed by atoms with van der Waals surface area (Å²) in [7, 11) is 1.70. The number of amides is 1. The van der Waals surface area contributed by atoms with E-state index in [9.17, 15) is 4.79 Å². The molecule has 150 valence electrons. The fraction of sp³-hybridized carbons (Fsp3) is 0.591. The molecule has 28 heavy (non-hydrogen) atoms. The second-order valence-electron chi connectivity index (χ2n) is 8.42. The third-order valence-corrected chi connectivity index (χ3v) is 6.84. The van der Waals surface area contributed by atoms with E-state index in [1.807, 2.05) is 6.07 Å². The Kier molecular flexibility index (Phi) is 4.77. The Balaban J connectivity index is 1.20. The van der Waals surface area contributed by atoms with Crippen molar-refractivity contribution in [2.45, 2.75) is 38.4 Å².